The van der Waals surface area contributed by atoms with E-state index in [0.717, 1.165) is 11.4 Å². The second kappa shape index (κ2) is 8.88. The molecule has 0 atom stereocenters. The summed E-state index contributed by atoms with van der Waals surface area (Å²) in [5.74, 6) is 0. The Bertz CT molecular complexity index is 328. The topological polar surface area (TPSA) is 24.7 Å². The number of hydrogen-bond acceptors (Lipinski definition) is 2. The zero-order valence-corrected chi connectivity index (χ0v) is 9.64. The summed E-state index contributed by atoms with van der Waals surface area (Å²) in [6.07, 6.45) is 13.1. The molecule has 0 bridgehead atoms. The first kappa shape index (κ1) is 13.3. The molecule has 0 spiro atoms. The van der Waals surface area contributed by atoms with Gasteiger partial charge < -0.3 is 0 Å². The van der Waals surface area contributed by atoms with Crippen LogP contribution < -0.4 is 0 Å². The number of allylic oxidation sites excluding steroid dienone is 8. The molecule has 0 fully saturated rings. The third kappa shape index (κ3) is 7.38. The van der Waals surface area contributed by atoms with E-state index in [2.05, 4.69) is 16.8 Å². The SMILES string of the molecule is C=C\C=C/C=C(C)/N=N/C(/C=C\C)=C/C. The lowest BCUT2D eigenvalue weighted by atomic mass is 10.4. The summed E-state index contributed by atoms with van der Waals surface area (Å²) in [5.41, 5.74) is 1.72. The molecule has 2 heteroatoms. The summed E-state index contributed by atoms with van der Waals surface area (Å²) in [4.78, 5) is 0. The smallest absolute Gasteiger partial charge is 0.0811 e. The first-order valence-electron chi connectivity index (χ1n) is 4.91. The van der Waals surface area contributed by atoms with Gasteiger partial charge in [-0.15, -0.1) is 0 Å². The molecule has 0 rings (SSSR count). The van der Waals surface area contributed by atoms with Crippen molar-refractivity contribution in [3.8, 4) is 0 Å². The first-order chi connectivity index (χ1) is 7.24. The van der Waals surface area contributed by atoms with Crippen LogP contribution >= 0.6 is 0 Å². The van der Waals surface area contributed by atoms with Crippen molar-refractivity contribution in [1.29, 1.82) is 0 Å². The number of nitrogens with zero attached hydrogens (tertiary/aromatic N) is 2. The molecule has 0 aromatic heterocycles. The Morgan fingerprint density at radius 2 is 1.87 bits per heavy atom. The van der Waals surface area contributed by atoms with Gasteiger partial charge in [-0.05, 0) is 32.9 Å². The lowest BCUT2D eigenvalue weighted by molar-refractivity contribution is 1.08. The van der Waals surface area contributed by atoms with Crippen LogP contribution in [0.1, 0.15) is 20.8 Å². The van der Waals surface area contributed by atoms with E-state index in [1.165, 1.54) is 0 Å². The van der Waals surface area contributed by atoms with Crippen LogP contribution in [0, 0.1) is 0 Å². The predicted molar refractivity (Wildman–Crippen MR) is 66.5 cm³/mol. The molecule has 0 amide bonds. The van der Waals surface area contributed by atoms with Gasteiger partial charge in [0.25, 0.3) is 0 Å². The van der Waals surface area contributed by atoms with E-state index in [-0.39, 0.29) is 0 Å². The first-order valence-corrected chi connectivity index (χ1v) is 4.91. The standard InChI is InChI=1S/C13H18N2/c1-5-8-9-11-12(4)14-15-13(7-3)10-6-2/h5-11H,1H2,2-4H3/b9-8-,10-6-,12-11+,13-7+,15-14+. The average Bonchev–Trinajstić information content (AvgIpc) is 2.24. The van der Waals surface area contributed by atoms with Crippen LogP contribution in [-0.4, -0.2) is 0 Å². The van der Waals surface area contributed by atoms with Gasteiger partial charge in [-0.3, -0.25) is 0 Å². The third-order valence-electron chi connectivity index (χ3n) is 1.54. The van der Waals surface area contributed by atoms with E-state index in [9.17, 15) is 0 Å². The van der Waals surface area contributed by atoms with Gasteiger partial charge >= 0.3 is 0 Å². The highest BCUT2D eigenvalue weighted by atomic mass is 15.1. The second-order valence-corrected chi connectivity index (χ2v) is 2.84. The Morgan fingerprint density at radius 1 is 1.13 bits per heavy atom. The molecule has 0 N–H and O–H groups in total. The van der Waals surface area contributed by atoms with Crippen molar-refractivity contribution in [3.63, 3.8) is 0 Å². The molecule has 0 saturated heterocycles. The Kier molecular flexibility index (Phi) is 7.87. The fraction of sp³-hybridized carbons (Fsp3) is 0.231. The fourth-order valence-electron chi connectivity index (χ4n) is 0.801. The van der Waals surface area contributed by atoms with Gasteiger partial charge in [0.2, 0.25) is 0 Å². The van der Waals surface area contributed by atoms with Gasteiger partial charge in [0.05, 0.1) is 11.4 Å². The van der Waals surface area contributed by atoms with Crippen LogP contribution in [-0.2, 0) is 0 Å². The molecule has 0 saturated carbocycles. The Labute approximate surface area is 92.1 Å². The van der Waals surface area contributed by atoms with Gasteiger partial charge in [0.15, 0.2) is 0 Å². The van der Waals surface area contributed by atoms with Crippen molar-refractivity contribution in [2.45, 2.75) is 20.8 Å². The summed E-state index contributed by atoms with van der Waals surface area (Å²) in [7, 11) is 0. The minimum atomic E-state index is 0.858. The van der Waals surface area contributed by atoms with Crippen molar-refractivity contribution >= 4 is 0 Å². The summed E-state index contributed by atoms with van der Waals surface area (Å²) < 4.78 is 0. The minimum absolute atomic E-state index is 0.858. The zero-order valence-electron chi connectivity index (χ0n) is 9.64. The highest BCUT2D eigenvalue weighted by Gasteiger charge is 1.85. The van der Waals surface area contributed by atoms with E-state index in [1.54, 1.807) is 6.08 Å². The zero-order chi connectivity index (χ0) is 11.5. The van der Waals surface area contributed by atoms with Crippen LogP contribution in [0.2, 0.25) is 0 Å². The van der Waals surface area contributed by atoms with Gasteiger partial charge in [-0.2, -0.15) is 10.2 Å². The second-order valence-electron chi connectivity index (χ2n) is 2.84. The van der Waals surface area contributed by atoms with E-state index < -0.39 is 0 Å². The maximum Gasteiger partial charge on any atom is 0.0811 e. The van der Waals surface area contributed by atoms with E-state index in [4.69, 9.17) is 0 Å². The minimum Gasteiger partial charge on any atom is -0.155 e. The third-order valence-corrected chi connectivity index (χ3v) is 1.54. The van der Waals surface area contributed by atoms with Gasteiger partial charge in [0, 0.05) is 0 Å². The van der Waals surface area contributed by atoms with Crippen molar-refractivity contribution in [1.82, 2.24) is 0 Å². The molecule has 80 valence electrons. The van der Waals surface area contributed by atoms with Crippen LogP contribution in [0.3, 0.4) is 0 Å². The molecule has 0 aromatic rings. The lowest BCUT2D eigenvalue weighted by Crippen LogP contribution is -1.70. The number of azo groups is 1. The summed E-state index contributed by atoms with van der Waals surface area (Å²) in [6.45, 7) is 9.37. The summed E-state index contributed by atoms with van der Waals surface area (Å²) >= 11 is 0. The highest BCUT2D eigenvalue weighted by molar-refractivity contribution is 5.17. The van der Waals surface area contributed by atoms with Crippen LogP contribution in [0.15, 0.2) is 70.7 Å². The molecule has 0 aliphatic carbocycles. The normalized spacial score (nSPS) is 14.6. The molecule has 0 heterocycles. The maximum absolute atomic E-state index is 4.08. The van der Waals surface area contributed by atoms with Crippen molar-refractivity contribution < 1.29 is 0 Å². The lowest BCUT2D eigenvalue weighted by Gasteiger charge is -1.90. The fourth-order valence-corrected chi connectivity index (χ4v) is 0.801. The van der Waals surface area contributed by atoms with Crippen LogP contribution in [0.4, 0.5) is 0 Å². The molecule has 0 aliphatic rings. The van der Waals surface area contributed by atoms with E-state index >= 15 is 0 Å². The molecular formula is C13H18N2. The summed E-state index contributed by atoms with van der Waals surface area (Å²) in [5, 5.41) is 8.15. The molecule has 0 aromatic carbocycles. The molecular weight excluding hydrogens is 184 g/mol. The molecule has 15 heavy (non-hydrogen) atoms. The molecule has 2 nitrogen and oxygen atoms in total. The molecule has 0 radical (unpaired) electrons. The van der Waals surface area contributed by atoms with Crippen LogP contribution in [0.5, 0.6) is 0 Å². The average molecular weight is 202 g/mol. The molecule has 0 aliphatic heterocycles. The maximum atomic E-state index is 4.08. The van der Waals surface area contributed by atoms with Crippen molar-refractivity contribution in [2.75, 3.05) is 0 Å². The largest absolute Gasteiger partial charge is 0.155 e. The van der Waals surface area contributed by atoms with Gasteiger partial charge in [0.1, 0.15) is 0 Å². The number of rotatable bonds is 5. The van der Waals surface area contributed by atoms with E-state index in [0.29, 0.717) is 0 Å². The number of hydrogen-bond donors (Lipinski definition) is 0. The Balaban J connectivity index is 4.44. The Hall–Kier alpha value is -1.70. The highest BCUT2D eigenvalue weighted by Crippen LogP contribution is 2.04. The predicted octanol–water partition coefficient (Wildman–Crippen LogP) is 4.56. The van der Waals surface area contributed by atoms with Crippen molar-refractivity contribution in [2.24, 2.45) is 10.2 Å². The van der Waals surface area contributed by atoms with Crippen LogP contribution in [0.25, 0.3) is 0 Å². The quantitative estimate of drug-likeness (QED) is 0.461. The van der Waals surface area contributed by atoms with Gasteiger partial charge in [-0.25, -0.2) is 0 Å². The Morgan fingerprint density at radius 3 is 2.40 bits per heavy atom. The molecule has 0 unspecified atom stereocenters. The monoisotopic (exact) mass is 202 g/mol. The van der Waals surface area contributed by atoms with Gasteiger partial charge in [-0.1, -0.05) is 37.0 Å². The van der Waals surface area contributed by atoms with Crippen molar-refractivity contribution in [3.05, 3.63) is 60.5 Å². The summed E-state index contributed by atoms with van der Waals surface area (Å²) in [6, 6.07) is 0. The van der Waals surface area contributed by atoms with E-state index in [1.807, 2.05) is 57.2 Å².